The molecule has 0 aliphatic carbocycles. The summed E-state index contributed by atoms with van der Waals surface area (Å²) >= 11 is 9.43. The lowest BCUT2D eigenvalue weighted by atomic mass is 10.2. The second-order valence-electron chi connectivity index (χ2n) is 5.52. The van der Waals surface area contributed by atoms with Gasteiger partial charge in [-0.3, -0.25) is 9.10 Å². The topological polar surface area (TPSA) is 78.8 Å². The van der Waals surface area contributed by atoms with Crippen LogP contribution in [-0.2, 0) is 14.8 Å². The van der Waals surface area contributed by atoms with Crippen molar-refractivity contribution < 1.29 is 13.2 Å². The molecule has 0 saturated heterocycles. The fraction of sp³-hybridized carbons (Fsp3) is 0.176. The van der Waals surface area contributed by atoms with Crippen molar-refractivity contribution in [3.05, 3.63) is 63.1 Å². The van der Waals surface area contributed by atoms with Gasteiger partial charge in [-0.15, -0.1) is 0 Å². The molecule has 0 unspecified atom stereocenters. The molecule has 0 fully saturated rings. The molecule has 0 saturated carbocycles. The average molecular weight is 459 g/mol. The molecule has 0 aliphatic heterocycles. The number of carbonyl (C=O) groups is 1. The monoisotopic (exact) mass is 457 g/mol. The van der Waals surface area contributed by atoms with Gasteiger partial charge >= 0.3 is 0 Å². The molecule has 6 nitrogen and oxygen atoms in total. The summed E-state index contributed by atoms with van der Waals surface area (Å²) in [4.78, 5) is 12.1. The third-order valence-corrected chi connectivity index (χ3v) is 5.70. The highest BCUT2D eigenvalue weighted by Gasteiger charge is 2.21. The Morgan fingerprint density at radius 3 is 2.62 bits per heavy atom. The van der Waals surface area contributed by atoms with Crippen molar-refractivity contribution in [3.63, 3.8) is 0 Å². The predicted octanol–water partition coefficient (Wildman–Crippen LogP) is 3.33. The first-order chi connectivity index (χ1) is 12.2. The van der Waals surface area contributed by atoms with E-state index in [0.717, 1.165) is 26.2 Å². The molecule has 0 bridgehead atoms. The second kappa shape index (κ2) is 8.66. The van der Waals surface area contributed by atoms with Crippen molar-refractivity contribution in [2.45, 2.75) is 6.92 Å². The van der Waals surface area contributed by atoms with Crippen molar-refractivity contribution in [2.75, 3.05) is 17.1 Å². The SMILES string of the molecule is Cc1ccc(N(CC(=O)N/N=C\c2ccccc2Br)S(C)(=O)=O)cc1Cl. The summed E-state index contributed by atoms with van der Waals surface area (Å²) in [7, 11) is -3.67. The van der Waals surface area contributed by atoms with Crippen LogP contribution in [0.1, 0.15) is 11.1 Å². The maximum Gasteiger partial charge on any atom is 0.260 e. The number of hydrazone groups is 1. The van der Waals surface area contributed by atoms with Crippen LogP contribution < -0.4 is 9.73 Å². The highest BCUT2D eigenvalue weighted by molar-refractivity contribution is 9.10. The Morgan fingerprint density at radius 2 is 2.00 bits per heavy atom. The number of benzene rings is 2. The number of carbonyl (C=O) groups excluding carboxylic acids is 1. The molecule has 0 spiro atoms. The maximum atomic E-state index is 12.1. The van der Waals surface area contributed by atoms with Crippen LogP contribution in [0.25, 0.3) is 0 Å². The predicted molar refractivity (Wildman–Crippen MR) is 108 cm³/mol. The summed E-state index contributed by atoms with van der Waals surface area (Å²) < 4.78 is 25.9. The number of rotatable bonds is 6. The van der Waals surface area contributed by atoms with E-state index in [4.69, 9.17) is 11.6 Å². The van der Waals surface area contributed by atoms with Crippen molar-refractivity contribution in [1.82, 2.24) is 5.43 Å². The number of nitrogens with one attached hydrogen (secondary N) is 1. The molecule has 0 heterocycles. The lowest BCUT2D eigenvalue weighted by Crippen LogP contribution is -2.39. The molecular weight excluding hydrogens is 442 g/mol. The first-order valence-corrected chi connectivity index (χ1v) is 10.5. The Labute approximate surface area is 166 Å². The van der Waals surface area contributed by atoms with Crippen LogP contribution in [0.5, 0.6) is 0 Å². The number of sulfonamides is 1. The van der Waals surface area contributed by atoms with Gasteiger partial charge in [0, 0.05) is 15.1 Å². The Kier molecular flexibility index (Phi) is 6.80. The average Bonchev–Trinajstić information content (AvgIpc) is 2.56. The highest BCUT2D eigenvalue weighted by atomic mass is 79.9. The summed E-state index contributed by atoms with van der Waals surface area (Å²) in [6.45, 7) is 1.39. The van der Waals surface area contributed by atoms with Crippen molar-refractivity contribution in [2.24, 2.45) is 5.10 Å². The van der Waals surface area contributed by atoms with Crippen molar-refractivity contribution >= 4 is 55.4 Å². The standard InChI is InChI=1S/C17H17BrClN3O3S/c1-12-7-8-14(9-16(12)19)22(26(2,24)25)11-17(23)21-20-10-13-5-3-4-6-15(13)18/h3-10H,11H2,1-2H3,(H,21,23)/b20-10-. The number of hydrogen-bond donors (Lipinski definition) is 1. The van der Waals surface area contributed by atoms with E-state index in [0.29, 0.717) is 10.7 Å². The molecule has 138 valence electrons. The van der Waals surface area contributed by atoms with Gasteiger partial charge in [0.1, 0.15) is 6.54 Å². The summed E-state index contributed by atoms with van der Waals surface area (Å²) in [5.41, 5.74) is 4.23. The smallest absolute Gasteiger partial charge is 0.260 e. The lowest BCUT2D eigenvalue weighted by molar-refractivity contribution is -0.119. The minimum Gasteiger partial charge on any atom is -0.271 e. The van der Waals surface area contributed by atoms with E-state index in [1.807, 2.05) is 24.3 Å². The van der Waals surface area contributed by atoms with Gasteiger partial charge in [0.05, 0.1) is 18.2 Å². The molecule has 26 heavy (non-hydrogen) atoms. The van der Waals surface area contributed by atoms with Gasteiger partial charge in [-0.05, 0) is 30.7 Å². The summed E-state index contributed by atoms with van der Waals surface area (Å²) in [5.74, 6) is -0.574. The van der Waals surface area contributed by atoms with Crippen LogP contribution in [0.2, 0.25) is 5.02 Å². The van der Waals surface area contributed by atoms with Crippen LogP contribution in [-0.4, -0.2) is 33.3 Å². The molecule has 0 aromatic heterocycles. The molecule has 0 radical (unpaired) electrons. The van der Waals surface area contributed by atoms with Gasteiger partial charge < -0.3 is 0 Å². The maximum absolute atomic E-state index is 12.1. The zero-order chi connectivity index (χ0) is 19.3. The van der Waals surface area contributed by atoms with E-state index < -0.39 is 22.5 Å². The first kappa shape index (κ1) is 20.4. The van der Waals surface area contributed by atoms with E-state index in [9.17, 15) is 13.2 Å². The van der Waals surface area contributed by atoms with Gasteiger partial charge in [0.15, 0.2) is 0 Å². The third-order valence-electron chi connectivity index (χ3n) is 3.43. The van der Waals surface area contributed by atoms with E-state index in [1.165, 1.54) is 12.3 Å². The Hall–Kier alpha value is -1.90. The third kappa shape index (κ3) is 5.55. The summed E-state index contributed by atoms with van der Waals surface area (Å²) in [5, 5.41) is 4.28. The molecule has 0 atom stereocenters. The van der Waals surface area contributed by atoms with Gasteiger partial charge in [0.2, 0.25) is 10.0 Å². The number of nitrogens with zero attached hydrogens (tertiary/aromatic N) is 2. The molecule has 1 N–H and O–H groups in total. The van der Waals surface area contributed by atoms with Crippen molar-refractivity contribution in [1.29, 1.82) is 0 Å². The first-order valence-electron chi connectivity index (χ1n) is 7.49. The number of aryl methyl sites for hydroxylation is 1. The van der Waals surface area contributed by atoms with Crippen LogP contribution in [0.3, 0.4) is 0 Å². The zero-order valence-corrected chi connectivity index (χ0v) is 17.3. The van der Waals surface area contributed by atoms with E-state index in [1.54, 1.807) is 19.1 Å². The highest BCUT2D eigenvalue weighted by Crippen LogP contribution is 2.24. The number of anilines is 1. The molecule has 2 rings (SSSR count). The largest absolute Gasteiger partial charge is 0.271 e. The minimum absolute atomic E-state index is 0.313. The van der Waals surface area contributed by atoms with E-state index in [-0.39, 0.29) is 0 Å². The van der Waals surface area contributed by atoms with Gasteiger partial charge in [-0.2, -0.15) is 5.10 Å². The van der Waals surface area contributed by atoms with Crippen LogP contribution in [0.4, 0.5) is 5.69 Å². The van der Waals surface area contributed by atoms with Crippen molar-refractivity contribution in [3.8, 4) is 0 Å². The number of amides is 1. The quantitative estimate of drug-likeness (QED) is 0.533. The second-order valence-corrected chi connectivity index (χ2v) is 8.69. The molecular formula is C17H17BrClN3O3S. The van der Waals surface area contributed by atoms with E-state index >= 15 is 0 Å². The van der Waals surface area contributed by atoms with Gasteiger partial charge in [-0.1, -0.05) is 51.8 Å². The van der Waals surface area contributed by atoms with Gasteiger partial charge in [0.25, 0.3) is 5.91 Å². The minimum atomic E-state index is -3.67. The number of hydrogen-bond acceptors (Lipinski definition) is 4. The Morgan fingerprint density at radius 1 is 1.31 bits per heavy atom. The van der Waals surface area contributed by atoms with Crippen LogP contribution in [0, 0.1) is 6.92 Å². The Balaban J connectivity index is 2.12. The molecule has 2 aromatic rings. The molecule has 2 aromatic carbocycles. The summed E-state index contributed by atoms with van der Waals surface area (Å²) in [6, 6.07) is 12.2. The molecule has 0 aliphatic rings. The lowest BCUT2D eigenvalue weighted by Gasteiger charge is -2.21. The van der Waals surface area contributed by atoms with Crippen LogP contribution >= 0.6 is 27.5 Å². The summed E-state index contributed by atoms with van der Waals surface area (Å²) in [6.07, 6.45) is 2.49. The normalized spacial score (nSPS) is 11.5. The number of halogens is 2. The fourth-order valence-corrected chi connectivity index (χ4v) is 3.47. The van der Waals surface area contributed by atoms with E-state index in [2.05, 4.69) is 26.5 Å². The zero-order valence-electron chi connectivity index (χ0n) is 14.1. The van der Waals surface area contributed by atoms with Crippen LogP contribution in [0.15, 0.2) is 52.0 Å². The molecule has 9 heteroatoms. The fourth-order valence-electron chi connectivity index (χ4n) is 2.06. The Bertz CT molecular complexity index is 948. The molecule has 1 amide bonds. The van der Waals surface area contributed by atoms with Gasteiger partial charge in [-0.25, -0.2) is 13.8 Å².